The van der Waals surface area contributed by atoms with Crippen LogP contribution in [0.1, 0.15) is 16.8 Å². The Labute approximate surface area is 127 Å². The number of nitrogens with zero attached hydrogens (tertiary/aromatic N) is 1. The van der Waals surface area contributed by atoms with Crippen molar-refractivity contribution in [3.8, 4) is 5.75 Å². The van der Waals surface area contributed by atoms with E-state index in [-0.39, 0.29) is 36.2 Å². The molecule has 1 aliphatic heterocycles. The number of phenolic OH excluding ortho intramolecular Hbond substituents is 1. The van der Waals surface area contributed by atoms with E-state index in [0.29, 0.717) is 18.2 Å². The summed E-state index contributed by atoms with van der Waals surface area (Å²) >= 11 is 5.85. The first-order valence-corrected chi connectivity index (χ1v) is 6.85. The van der Waals surface area contributed by atoms with Gasteiger partial charge in [0.2, 0.25) is 0 Å². The number of amides is 1. The lowest BCUT2D eigenvalue weighted by Gasteiger charge is -2.32. The van der Waals surface area contributed by atoms with E-state index in [1.54, 1.807) is 0 Å². The Morgan fingerprint density at radius 1 is 1.52 bits per heavy atom. The fourth-order valence-electron chi connectivity index (χ4n) is 2.15. The van der Waals surface area contributed by atoms with Gasteiger partial charge in [-0.15, -0.1) is 0 Å². The van der Waals surface area contributed by atoms with Crippen molar-refractivity contribution in [2.24, 2.45) is 0 Å². The molecule has 0 saturated carbocycles. The van der Waals surface area contributed by atoms with Gasteiger partial charge in [0.25, 0.3) is 5.91 Å². The number of halogens is 1. The third-order valence-corrected chi connectivity index (χ3v) is 3.47. The lowest BCUT2D eigenvalue weighted by molar-refractivity contribution is -0.145. The van der Waals surface area contributed by atoms with Crippen LogP contribution in [0, 0.1) is 0 Å². The summed E-state index contributed by atoms with van der Waals surface area (Å²) in [4.78, 5) is 25.2. The molecule has 1 aromatic carbocycles. The molecule has 1 aliphatic rings. The van der Waals surface area contributed by atoms with Crippen LogP contribution in [0.15, 0.2) is 18.2 Å². The number of morpholine rings is 1. The van der Waals surface area contributed by atoms with E-state index in [1.165, 1.54) is 30.2 Å². The maximum absolute atomic E-state index is 12.4. The van der Waals surface area contributed by atoms with Gasteiger partial charge in [0, 0.05) is 18.1 Å². The number of phenols is 1. The maximum atomic E-state index is 12.4. The molecule has 7 heteroatoms. The molecule has 1 aromatic rings. The zero-order valence-electron chi connectivity index (χ0n) is 11.5. The Morgan fingerprint density at radius 2 is 2.29 bits per heavy atom. The zero-order valence-corrected chi connectivity index (χ0v) is 12.3. The van der Waals surface area contributed by atoms with Crippen molar-refractivity contribution in [2.75, 3.05) is 26.8 Å². The largest absolute Gasteiger partial charge is 0.507 e. The summed E-state index contributed by atoms with van der Waals surface area (Å²) in [6.45, 7) is 0.983. The number of esters is 1. The minimum atomic E-state index is -0.406. The number of hydrogen-bond donors (Lipinski definition) is 1. The second-order valence-corrected chi connectivity index (χ2v) is 5.12. The van der Waals surface area contributed by atoms with E-state index < -0.39 is 6.10 Å². The van der Waals surface area contributed by atoms with E-state index >= 15 is 0 Å². The van der Waals surface area contributed by atoms with Crippen LogP contribution in [0.2, 0.25) is 5.02 Å². The highest BCUT2D eigenvalue weighted by Gasteiger charge is 2.28. The number of carbonyl (C=O) groups excluding carboxylic acids is 2. The standard InChI is InChI=1S/C14H16ClNO5/c1-20-13(18)7-10-8-16(4-5-21-10)14(19)11-6-9(15)2-3-12(11)17/h2-3,6,10,17H,4-5,7-8H2,1H3. The van der Waals surface area contributed by atoms with E-state index in [1.807, 2.05) is 0 Å². The number of rotatable bonds is 3. The van der Waals surface area contributed by atoms with Gasteiger partial charge >= 0.3 is 5.97 Å². The Hall–Kier alpha value is -1.79. The Morgan fingerprint density at radius 3 is 3.00 bits per heavy atom. The molecular weight excluding hydrogens is 298 g/mol. The molecule has 0 radical (unpaired) electrons. The van der Waals surface area contributed by atoms with Gasteiger partial charge in [-0.05, 0) is 18.2 Å². The molecule has 1 amide bonds. The predicted molar refractivity (Wildman–Crippen MR) is 75.4 cm³/mol. The number of aromatic hydroxyl groups is 1. The first kappa shape index (κ1) is 15.6. The molecule has 21 heavy (non-hydrogen) atoms. The highest BCUT2D eigenvalue weighted by molar-refractivity contribution is 6.31. The molecule has 6 nitrogen and oxygen atoms in total. The number of methoxy groups -OCH3 is 1. The smallest absolute Gasteiger partial charge is 0.308 e. The summed E-state index contributed by atoms with van der Waals surface area (Å²) < 4.78 is 10.0. The van der Waals surface area contributed by atoms with Crippen LogP contribution >= 0.6 is 11.6 Å². The predicted octanol–water partition coefficient (Wildman–Crippen LogP) is 1.45. The highest BCUT2D eigenvalue weighted by atomic mass is 35.5. The summed E-state index contributed by atoms with van der Waals surface area (Å²) in [6, 6.07) is 4.30. The number of benzene rings is 1. The molecule has 114 valence electrons. The van der Waals surface area contributed by atoms with E-state index in [0.717, 1.165) is 0 Å². The van der Waals surface area contributed by atoms with Crippen molar-refractivity contribution in [1.29, 1.82) is 0 Å². The Kier molecular flexibility index (Phi) is 5.03. The van der Waals surface area contributed by atoms with Crippen LogP contribution in [-0.4, -0.2) is 54.8 Å². The van der Waals surface area contributed by atoms with E-state index in [2.05, 4.69) is 4.74 Å². The summed E-state index contributed by atoms with van der Waals surface area (Å²) in [5.74, 6) is -0.853. The van der Waals surface area contributed by atoms with Crippen LogP contribution in [0.4, 0.5) is 0 Å². The van der Waals surface area contributed by atoms with Gasteiger partial charge in [-0.3, -0.25) is 9.59 Å². The third-order valence-electron chi connectivity index (χ3n) is 3.24. The molecule has 1 saturated heterocycles. The van der Waals surface area contributed by atoms with Crippen molar-refractivity contribution in [2.45, 2.75) is 12.5 Å². The maximum Gasteiger partial charge on any atom is 0.308 e. The minimum absolute atomic E-state index is 0.0851. The van der Waals surface area contributed by atoms with E-state index in [9.17, 15) is 14.7 Å². The van der Waals surface area contributed by atoms with Gasteiger partial charge in [-0.1, -0.05) is 11.6 Å². The fourth-order valence-corrected chi connectivity index (χ4v) is 2.32. The molecule has 1 atom stereocenters. The van der Waals surface area contributed by atoms with Crippen molar-refractivity contribution in [1.82, 2.24) is 4.90 Å². The topological polar surface area (TPSA) is 76.1 Å². The average molecular weight is 314 g/mol. The molecular formula is C14H16ClNO5. The second kappa shape index (κ2) is 6.78. The van der Waals surface area contributed by atoms with Gasteiger partial charge < -0.3 is 19.5 Å². The van der Waals surface area contributed by atoms with Crippen molar-refractivity contribution in [3.63, 3.8) is 0 Å². The second-order valence-electron chi connectivity index (χ2n) is 4.69. The number of hydrogen-bond acceptors (Lipinski definition) is 5. The molecule has 1 N–H and O–H groups in total. The third kappa shape index (κ3) is 3.86. The number of ether oxygens (including phenoxy) is 2. The summed E-state index contributed by atoms with van der Waals surface area (Å²) in [5, 5.41) is 10.1. The van der Waals surface area contributed by atoms with Gasteiger partial charge in [0.05, 0.1) is 31.8 Å². The van der Waals surface area contributed by atoms with Crippen molar-refractivity contribution < 1.29 is 24.2 Å². The average Bonchev–Trinajstić information content (AvgIpc) is 2.49. The van der Waals surface area contributed by atoms with Crippen molar-refractivity contribution >= 4 is 23.5 Å². The first-order valence-electron chi connectivity index (χ1n) is 6.47. The van der Waals surface area contributed by atoms with Crippen LogP contribution in [-0.2, 0) is 14.3 Å². The molecule has 0 bridgehead atoms. The lowest BCUT2D eigenvalue weighted by atomic mass is 10.1. The highest BCUT2D eigenvalue weighted by Crippen LogP contribution is 2.24. The first-order chi connectivity index (χ1) is 10.0. The molecule has 0 spiro atoms. The van der Waals surface area contributed by atoms with E-state index in [4.69, 9.17) is 16.3 Å². The van der Waals surface area contributed by atoms with Gasteiger partial charge in [-0.25, -0.2) is 0 Å². The van der Waals surface area contributed by atoms with Gasteiger partial charge in [0.1, 0.15) is 5.75 Å². The molecule has 1 fully saturated rings. The monoisotopic (exact) mass is 313 g/mol. The molecule has 0 aliphatic carbocycles. The quantitative estimate of drug-likeness (QED) is 0.855. The van der Waals surface area contributed by atoms with Crippen LogP contribution < -0.4 is 0 Å². The normalized spacial score (nSPS) is 18.4. The lowest BCUT2D eigenvalue weighted by Crippen LogP contribution is -2.46. The SMILES string of the molecule is COC(=O)CC1CN(C(=O)c2cc(Cl)ccc2O)CCO1. The Balaban J connectivity index is 2.08. The fraction of sp³-hybridized carbons (Fsp3) is 0.429. The molecule has 1 heterocycles. The van der Waals surface area contributed by atoms with Crippen molar-refractivity contribution in [3.05, 3.63) is 28.8 Å². The Bertz CT molecular complexity index is 548. The summed E-state index contributed by atoms with van der Waals surface area (Å²) in [7, 11) is 1.30. The van der Waals surface area contributed by atoms with Crippen LogP contribution in [0.5, 0.6) is 5.75 Å². The molecule has 0 aromatic heterocycles. The van der Waals surface area contributed by atoms with Crippen LogP contribution in [0.25, 0.3) is 0 Å². The van der Waals surface area contributed by atoms with Gasteiger partial charge in [-0.2, -0.15) is 0 Å². The minimum Gasteiger partial charge on any atom is -0.507 e. The van der Waals surface area contributed by atoms with Gasteiger partial charge in [0.15, 0.2) is 0 Å². The summed E-state index contributed by atoms with van der Waals surface area (Å²) in [6.07, 6.45) is -0.321. The number of carbonyl (C=O) groups is 2. The van der Waals surface area contributed by atoms with Crippen LogP contribution in [0.3, 0.4) is 0 Å². The summed E-state index contributed by atoms with van der Waals surface area (Å²) in [5.41, 5.74) is 0.140. The molecule has 1 unspecified atom stereocenters. The zero-order chi connectivity index (χ0) is 15.4. The molecule has 2 rings (SSSR count).